The number of carbonyl (C=O) groups excluding carboxylic acids is 1. The van der Waals surface area contributed by atoms with Gasteiger partial charge < -0.3 is 9.26 Å². The zero-order chi connectivity index (χ0) is 18.6. The van der Waals surface area contributed by atoms with Gasteiger partial charge in [-0.2, -0.15) is 0 Å². The Bertz CT molecular complexity index is 916. The van der Waals surface area contributed by atoms with Gasteiger partial charge in [0.05, 0.1) is 17.5 Å². The molecule has 1 aliphatic rings. The fourth-order valence-electron chi connectivity index (χ4n) is 2.92. The monoisotopic (exact) mass is 363 g/mol. The van der Waals surface area contributed by atoms with Crippen LogP contribution in [0.1, 0.15) is 47.5 Å². The third-order valence-corrected chi connectivity index (χ3v) is 4.77. The quantitative estimate of drug-likeness (QED) is 0.552. The molecule has 0 spiro atoms. The molecule has 3 aromatic heterocycles. The summed E-state index contributed by atoms with van der Waals surface area (Å²) in [5.74, 6) is 2.13. The second-order valence-corrected chi connectivity index (χ2v) is 6.85. The van der Waals surface area contributed by atoms with E-state index in [0.717, 1.165) is 23.6 Å². The number of hydrogen-bond acceptors (Lipinski definition) is 6. The van der Waals surface area contributed by atoms with Crippen LogP contribution in [0.3, 0.4) is 0 Å². The second kappa shape index (κ2) is 7.70. The van der Waals surface area contributed by atoms with E-state index in [9.17, 15) is 4.79 Å². The van der Waals surface area contributed by atoms with Gasteiger partial charge in [-0.05, 0) is 43.5 Å². The summed E-state index contributed by atoms with van der Waals surface area (Å²) in [4.78, 5) is 20.7. The molecule has 27 heavy (non-hydrogen) atoms. The van der Waals surface area contributed by atoms with Crippen molar-refractivity contribution >= 4 is 5.78 Å². The number of Topliss-reactive ketones (excluding diaryl/α,β-unsaturated/α-hetero) is 1. The third kappa shape index (κ3) is 4.22. The Morgan fingerprint density at radius 3 is 2.81 bits per heavy atom. The number of hydrogen-bond donors (Lipinski definition) is 0. The zero-order valence-electron chi connectivity index (χ0n) is 15.2. The predicted molar refractivity (Wildman–Crippen MR) is 99.3 cm³/mol. The Morgan fingerprint density at radius 2 is 2.11 bits per heavy atom. The van der Waals surface area contributed by atoms with Gasteiger partial charge in [0.2, 0.25) is 0 Å². The number of rotatable bonds is 8. The maximum atomic E-state index is 12.1. The van der Waals surface area contributed by atoms with Crippen LogP contribution in [0.25, 0.3) is 11.4 Å². The van der Waals surface area contributed by atoms with Crippen molar-refractivity contribution in [1.82, 2.24) is 15.1 Å². The maximum absolute atomic E-state index is 12.1. The lowest BCUT2D eigenvalue weighted by Crippen LogP contribution is -2.03. The summed E-state index contributed by atoms with van der Waals surface area (Å²) in [6.45, 7) is 2.13. The van der Waals surface area contributed by atoms with Crippen LogP contribution in [0.15, 0.2) is 47.2 Å². The van der Waals surface area contributed by atoms with E-state index in [-0.39, 0.29) is 12.4 Å². The van der Waals surface area contributed by atoms with Crippen molar-refractivity contribution in [2.24, 2.45) is 5.92 Å². The minimum Gasteiger partial charge on any atom is -0.487 e. The minimum atomic E-state index is 0.0979. The molecular weight excluding hydrogens is 342 g/mol. The largest absolute Gasteiger partial charge is 0.487 e. The van der Waals surface area contributed by atoms with Gasteiger partial charge in [0.1, 0.15) is 29.5 Å². The van der Waals surface area contributed by atoms with Gasteiger partial charge in [-0.3, -0.25) is 9.78 Å². The van der Waals surface area contributed by atoms with Crippen molar-refractivity contribution in [2.45, 2.75) is 39.2 Å². The smallest absolute Gasteiger partial charge is 0.181 e. The maximum Gasteiger partial charge on any atom is 0.181 e. The summed E-state index contributed by atoms with van der Waals surface area (Å²) in [6.07, 6.45) is 7.38. The second-order valence-electron chi connectivity index (χ2n) is 6.85. The van der Waals surface area contributed by atoms with Crippen molar-refractivity contribution in [1.29, 1.82) is 0 Å². The zero-order valence-corrected chi connectivity index (χ0v) is 15.2. The highest BCUT2D eigenvalue weighted by Gasteiger charge is 2.22. The summed E-state index contributed by atoms with van der Waals surface area (Å²) < 4.78 is 11.1. The Kier molecular flexibility index (Phi) is 4.96. The fraction of sp³-hybridized carbons (Fsp3) is 0.333. The summed E-state index contributed by atoms with van der Waals surface area (Å²) in [7, 11) is 0. The highest BCUT2D eigenvalue weighted by Crippen LogP contribution is 2.33. The number of carbonyl (C=O) groups is 1. The Balaban J connectivity index is 1.40. The molecule has 0 saturated heterocycles. The standard InChI is InChI=1S/C21H21N3O3/c1-14-17(21(24-27-14)19-4-2-3-11-22-19)13-26-16-8-9-18(23-12-16)20(25)10-7-15-5-6-15/h2-4,8-9,11-12,15H,5-7,10,13H2,1H3. The topological polar surface area (TPSA) is 78.1 Å². The number of aromatic nitrogens is 3. The molecule has 0 atom stereocenters. The number of ether oxygens (including phenoxy) is 1. The molecular formula is C21H21N3O3. The Hall–Kier alpha value is -3.02. The number of pyridine rings is 2. The van der Waals surface area contributed by atoms with Gasteiger partial charge in [-0.25, -0.2) is 4.98 Å². The lowest BCUT2D eigenvalue weighted by Gasteiger charge is -2.07. The van der Waals surface area contributed by atoms with Crippen molar-refractivity contribution < 1.29 is 14.1 Å². The summed E-state index contributed by atoms with van der Waals surface area (Å²) >= 11 is 0. The number of ketones is 1. The lowest BCUT2D eigenvalue weighted by molar-refractivity contribution is 0.0973. The van der Waals surface area contributed by atoms with E-state index in [1.165, 1.54) is 12.8 Å². The molecule has 1 fully saturated rings. The first-order valence-electron chi connectivity index (χ1n) is 9.19. The van der Waals surface area contributed by atoms with E-state index in [1.54, 1.807) is 24.5 Å². The molecule has 1 aliphatic carbocycles. The van der Waals surface area contributed by atoms with Crippen LogP contribution in [-0.4, -0.2) is 20.9 Å². The molecule has 3 aromatic rings. The van der Waals surface area contributed by atoms with Crippen LogP contribution < -0.4 is 4.74 Å². The average Bonchev–Trinajstić information content (AvgIpc) is 3.47. The molecule has 4 rings (SSSR count). The lowest BCUT2D eigenvalue weighted by atomic mass is 10.1. The van der Waals surface area contributed by atoms with E-state index in [4.69, 9.17) is 9.26 Å². The Morgan fingerprint density at radius 1 is 1.22 bits per heavy atom. The molecule has 0 aliphatic heterocycles. The van der Waals surface area contributed by atoms with Crippen molar-refractivity contribution in [3.05, 3.63) is 59.7 Å². The Labute approximate surface area is 157 Å². The third-order valence-electron chi connectivity index (χ3n) is 4.77. The van der Waals surface area contributed by atoms with Crippen molar-refractivity contribution in [2.75, 3.05) is 0 Å². The molecule has 6 heteroatoms. The van der Waals surface area contributed by atoms with Crippen LogP contribution >= 0.6 is 0 Å². The molecule has 1 saturated carbocycles. The van der Waals surface area contributed by atoms with Crippen LogP contribution in [0.2, 0.25) is 0 Å². The molecule has 0 amide bonds. The van der Waals surface area contributed by atoms with Crippen LogP contribution in [0.5, 0.6) is 5.75 Å². The van der Waals surface area contributed by atoms with E-state index in [1.807, 2.05) is 25.1 Å². The highest BCUT2D eigenvalue weighted by atomic mass is 16.5. The molecule has 0 radical (unpaired) electrons. The van der Waals surface area contributed by atoms with E-state index >= 15 is 0 Å². The van der Waals surface area contributed by atoms with E-state index < -0.39 is 0 Å². The normalized spacial score (nSPS) is 13.5. The van der Waals surface area contributed by atoms with E-state index in [2.05, 4.69) is 15.1 Å². The van der Waals surface area contributed by atoms with Gasteiger partial charge in [0.15, 0.2) is 5.78 Å². The van der Waals surface area contributed by atoms with Crippen LogP contribution in [0.4, 0.5) is 0 Å². The molecule has 6 nitrogen and oxygen atoms in total. The molecule has 0 aromatic carbocycles. The van der Waals surface area contributed by atoms with E-state index in [0.29, 0.717) is 29.3 Å². The molecule has 138 valence electrons. The minimum absolute atomic E-state index is 0.0979. The number of nitrogens with zero attached hydrogens (tertiary/aromatic N) is 3. The van der Waals surface area contributed by atoms with Gasteiger partial charge in [0, 0.05) is 12.6 Å². The summed E-state index contributed by atoms with van der Waals surface area (Å²) in [5.41, 5.74) is 2.76. The summed E-state index contributed by atoms with van der Waals surface area (Å²) in [6, 6.07) is 9.14. The molecule has 0 bridgehead atoms. The van der Waals surface area contributed by atoms with Crippen molar-refractivity contribution in [3.8, 4) is 17.1 Å². The fourth-order valence-corrected chi connectivity index (χ4v) is 2.92. The summed E-state index contributed by atoms with van der Waals surface area (Å²) in [5, 5.41) is 4.10. The van der Waals surface area contributed by atoms with Gasteiger partial charge >= 0.3 is 0 Å². The molecule has 3 heterocycles. The van der Waals surface area contributed by atoms with Gasteiger partial charge in [-0.15, -0.1) is 0 Å². The molecule has 0 N–H and O–H groups in total. The molecule has 0 unspecified atom stereocenters. The number of aryl methyl sites for hydroxylation is 1. The SMILES string of the molecule is Cc1onc(-c2ccccn2)c1COc1ccc(C(=O)CCC2CC2)nc1. The first-order chi connectivity index (χ1) is 13.2. The van der Waals surface area contributed by atoms with Crippen molar-refractivity contribution in [3.63, 3.8) is 0 Å². The van der Waals surface area contributed by atoms with Crippen LogP contribution in [0, 0.1) is 12.8 Å². The first kappa shape index (κ1) is 17.4. The van der Waals surface area contributed by atoms with Crippen LogP contribution in [-0.2, 0) is 6.61 Å². The first-order valence-corrected chi connectivity index (χ1v) is 9.19. The average molecular weight is 363 g/mol. The predicted octanol–water partition coefficient (Wildman–Crippen LogP) is 4.39. The van der Waals surface area contributed by atoms with Gasteiger partial charge in [-0.1, -0.05) is 24.1 Å². The van der Waals surface area contributed by atoms with Gasteiger partial charge in [0.25, 0.3) is 0 Å². The highest BCUT2D eigenvalue weighted by molar-refractivity contribution is 5.94.